The Labute approximate surface area is 479 Å². The Balaban J connectivity index is 1.15. The van der Waals surface area contributed by atoms with Gasteiger partial charge in [-0.15, -0.1) is 0 Å². The maximum absolute atomic E-state index is 2.71. The van der Waals surface area contributed by atoms with Crippen molar-refractivity contribution >= 4 is 57.2 Å². The second-order valence-electron chi connectivity index (χ2n) is 27.9. The van der Waals surface area contributed by atoms with E-state index in [1.165, 1.54) is 129 Å². The molecular weight excluding hydrogens is 964 g/mol. The third-order valence-corrected chi connectivity index (χ3v) is 20.3. The van der Waals surface area contributed by atoms with Crippen LogP contribution >= 0.6 is 0 Å². The fraction of sp³-hybridized carbons (Fsp3) is 0.299. The summed E-state index contributed by atoms with van der Waals surface area (Å²) in [4.78, 5) is 5.39. The lowest BCUT2D eigenvalue weighted by atomic mass is 9.33. The lowest BCUT2D eigenvalue weighted by Crippen LogP contribution is -2.62. The molecule has 2 nitrogen and oxygen atoms in total. The highest BCUT2D eigenvalue weighted by Gasteiger charge is 2.48. The molecule has 0 saturated carbocycles. The van der Waals surface area contributed by atoms with Gasteiger partial charge in [-0.25, -0.2) is 0 Å². The van der Waals surface area contributed by atoms with Gasteiger partial charge in [0.15, 0.2) is 0 Å². The van der Waals surface area contributed by atoms with Crippen LogP contribution in [-0.2, 0) is 32.5 Å². The Hall–Kier alpha value is -7.36. The number of aryl methyl sites for hydroxylation is 1. The molecule has 0 saturated heterocycles. The van der Waals surface area contributed by atoms with Gasteiger partial charge in [-0.05, 0) is 186 Å². The van der Waals surface area contributed by atoms with E-state index >= 15 is 0 Å². The number of hydrogen-bond donors (Lipinski definition) is 0. The van der Waals surface area contributed by atoms with Crippen molar-refractivity contribution in [3.8, 4) is 22.3 Å². The lowest BCUT2D eigenvalue weighted by Gasteiger charge is -2.48. The van der Waals surface area contributed by atoms with Crippen molar-refractivity contribution in [2.24, 2.45) is 0 Å². The van der Waals surface area contributed by atoms with Gasteiger partial charge in [0.05, 0.1) is 5.69 Å². The molecule has 80 heavy (non-hydrogen) atoms. The van der Waals surface area contributed by atoms with E-state index in [4.69, 9.17) is 0 Å². The zero-order valence-electron chi connectivity index (χ0n) is 49.8. The molecule has 2 aliphatic heterocycles. The summed E-state index contributed by atoms with van der Waals surface area (Å²) in [6, 6.07) is 75.2. The van der Waals surface area contributed by atoms with Crippen molar-refractivity contribution in [2.45, 2.75) is 148 Å². The molecule has 0 fully saturated rings. The largest absolute Gasteiger partial charge is 0.311 e. The van der Waals surface area contributed by atoms with Crippen LogP contribution in [-0.4, -0.2) is 6.71 Å². The summed E-state index contributed by atoms with van der Waals surface area (Å²) >= 11 is 0. The maximum atomic E-state index is 2.71. The molecule has 0 bridgehead atoms. The first-order valence-corrected chi connectivity index (χ1v) is 29.7. The van der Waals surface area contributed by atoms with Crippen molar-refractivity contribution in [3.05, 3.63) is 244 Å². The van der Waals surface area contributed by atoms with Crippen LogP contribution in [0.15, 0.2) is 194 Å². The molecule has 0 atom stereocenters. The highest BCUT2D eigenvalue weighted by molar-refractivity contribution is 7.00. The monoisotopic (exact) mass is 1040 g/mol. The number of rotatable bonds is 8. The summed E-state index contributed by atoms with van der Waals surface area (Å²) in [5.41, 5.74) is 28.5. The van der Waals surface area contributed by atoms with Crippen molar-refractivity contribution < 1.29 is 0 Å². The summed E-state index contributed by atoms with van der Waals surface area (Å²) in [7, 11) is 0. The van der Waals surface area contributed by atoms with Crippen molar-refractivity contribution in [1.82, 2.24) is 0 Å². The molecule has 0 unspecified atom stereocenters. The summed E-state index contributed by atoms with van der Waals surface area (Å²) in [6.45, 7) is 31.7. The molecule has 0 radical (unpaired) electrons. The SMILES string of the molecule is Cc1cc2c3c(c1)N(c1ccc(C(C)(C)c4ccccc4)cc1-c1ccccc1-c1ccccc1)c1ccc(C(C)(C)c4ccccc4)cc1B3c1cc3c(cc1N2c1ccc2c(c1)C(C)(C)CCC2(C)C)C(C)(C)CCC3(C)C. The van der Waals surface area contributed by atoms with E-state index in [0.717, 1.165) is 19.3 Å². The summed E-state index contributed by atoms with van der Waals surface area (Å²) in [5, 5.41) is 0. The second-order valence-corrected chi connectivity index (χ2v) is 27.9. The van der Waals surface area contributed by atoms with E-state index in [2.05, 4.69) is 294 Å². The van der Waals surface area contributed by atoms with Crippen LogP contribution in [0.2, 0.25) is 0 Å². The molecule has 3 heteroatoms. The first-order chi connectivity index (χ1) is 38.1. The molecule has 9 aromatic rings. The predicted molar refractivity (Wildman–Crippen MR) is 344 cm³/mol. The van der Waals surface area contributed by atoms with Gasteiger partial charge in [0.2, 0.25) is 0 Å². The van der Waals surface area contributed by atoms with Gasteiger partial charge in [-0.2, -0.15) is 0 Å². The number of anilines is 6. The highest BCUT2D eigenvalue weighted by atomic mass is 15.2. The fourth-order valence-electron chi connectivity index (χ4n) is 14.8. The van der Waals surface area contributed by atoms with Crippen LogP contribution in [0.4, 0.5) is 34.1 Å². The zero-order chi connectivity index (χ0) is 55.9. The predicted octanol–water partition coefficient (Wildman–Crippen LogP) is 18.8. The average Bonchev–Trinajstić information content (AvgIpc) is 3.63. The average molecular weight is 1040 g/mol. The summed E-state index contributed by atoms with van der Waals surface area (Å²) in [5.74, 6) is 0. The summed E-state index contributed by atoms with van der Waals surface area (Å²) in [6.07, 6.45) is 4.66. The minimum absolute atomic E-state index is 0.0134. The first-order valence-electron chi connectivity index (χ1n) is 29.7. The Bertz CT molecular complexity index is 3910. The Kier molecular flexibility index (Phi) is 11.9. The molecule has 0 amide bonds. The molecule has 9 aromatic carbocycles. The van der Waals surface area contributed by atoms with Gasteiger partial charge in [0.1, 0.15) is 0 Å². The van der Waals surface area contributed by atoms with E-state index < -0.39 is 0 Å². The van der Waals surface area contributed by atoms with Crippen molar-refractivity contribution in [2.75, 3.05) is 9.80 Å². The Morgan fingerprint density at radius 2 is 0.812 bits per heavy atom. The van der Waals surface area contributed by atoms with E-state index in [-0.39, 0.29) is 39.2 Å². The normalized spacial score (nSPS) is 17.2. The summed E-state index contributed by atoms with van der Waals surface area (Å²) < 4.78 is 0. The second kappa shape index (κ2) is 18.3. The van der Waals surface area contributed by atoms with Gasteiger partial charge in [0.25, 0.3) is 6.71 Å². The Morgan fingerprint density at radius 3 is 1.40 bits per heavy atom. The van der Waals surface area contributed by atoms with E-state index in [1.54, 1.807) is 0 Å². The van der Waals surface area contributed by atoms with Crippen molar-refractivity contribution in [1.29, 1.82) is 0 Å². The molecule has 0 aromatic heterocycles. The topological polar surface area (TPSA) is 6.48 Å². The van der Waals surface area contributed by atoms with E-state index in [0.29, 0.717) is 0 Å². The minimum Gasteiger partial charge on any atom is -0.311 e. The van der Waals surface area contributed by atoms with Gasteiger partial charge < -0.3 is 9.80 Å². The number of hydrogen-bond acceptors (Lipinski definition) is 2. The third-order valence-electron chi connectivity index (χ3n) is 20.3. The van der Waals surface area contributed by atoms with Gasteiger partial charge >= 0.3 is 0 Å². The van der Waals surface area contributed by atoms with Gasteiger partial charge in [0, 0.05) is 44.8 Å². The number of benzene rings is 9. The van der Waals surface area contributed by atoms with Crippen LogP contribution < -0.4 is 26.2 Å². The van der Waals surface area contributed by atoms with Crippen LogP contribution in [0.1, 0.15) is 159 Å². The molecule has 13 rings (SSSR count). The van der Waals surface area contributed by atoms with Crippen LogP contribution in [0.5, 0.6) is 0 Å². The fourth-order valence-corrected chi connectivity index (χ4v) is 14.8. The molecule has 2 aliphatic carbocycles. The Morgan fingerprint density at radius 1 is 0.350 bits per heavy atom. The molecular formula is C77H79BN2. The van der Waals surface area contributed by atoms with Gasteiger partial charge in [-0.1, -0.05) is 229 Å². The zero-order valence-corrected chi connectivity index (χ0v) is 49.8. The lowest BCUT2D eigenvalue weighted by molar-refractivity contribution is 0.332. The van der Waals surface area contributed by atoms with Gasteiger partial charge in [-0.3, -0.25) is 0 Å². The third kappa shape index (κ3) is 8.18. The molecule has 400 valence electrons. The highest BCUT2D eigenvalue weighted by Crippen LogP contribution is 2.54. The van der Waals surface area contributed by atoms with Crippen LogP contribution in [0.3, 0.4) is 0 Å². The molecule has 2 heterocycles. The molecule has 4 aliphatic rings. The van der Waals surface area contributed by atoms with E-state index in [9.17, 15) is 0 Å². The number of nitrogens with zero attached hydrogens (tertiary/aromatic N) is 2. The van der Waals surface area contributed by atoms with Crippen LogP contribution in [0.25, 0.3) is 22.3 Å². The van der Waals surface area contributed by atoms with E-state index in [1.807, 2.05) is 0 Å². The number of fused-ring (bicyclic) bond motifs is 6. The maximum Gasteiger partial charge on any atom is 0.252 e. The van der Waals surface area contributed by atoms with Crippen LogP contribution in [0, 0.1) is 6.92 Å². The van der Waals surface area contributed by atoms with Crippen molar-refractivity contribution in [3.63, 3.8) is 0 Å². The molecule has 0 N–H and O–H groups in total. The quantitative estimate of drug-likeness (QED) is 0.140. The minimum atomic E-state index is -0.272. The first kappa shape index (κ1) is 52.0. The standard InChI is InChI=1S/C77H79BN2/c1-50-43-69-71-70(44-50)80(66-37-33-54(76(10,11)52-27-19-15-20-28-52)45-59(66)58-32-24-23-31-57(58)51-25-17-14-18-26-51)67-38-34-55(77(12,13)53-29-21-16-22-30-53)46-64(67)78(71)65-48-62-63(75(8,9)42-41-74(62,6)7)49-68(65)79(69)56-35-36-60-61(47-56)73(4,5)40-39-72(60,2)3/h14-38,43-49H,39-42H2,1-13H3. The molecule has 0 spiro atoms. The smallest absolute Gasteiger partial charge is 0.252 e.